The monoisotopic (exact) mass is 156 g/mol. The molecule has 1 atom stereocenters. The van der Waals surface area contributed by atoms with Crippen molar-refractivity contribution in [3.63, 3.8) is 0 Å². The largest absolute Gasteiger partial charge is 0.452 e. The molecule has 1 amide bonds. The van der Waals surface area contributed by atoms with Crippen LogP contribution in [0, 0.1) is 0 Å². The van der Waals surface area contributed by atoms with Gasteiger partial charge in [0.25, 0.3) is 11.9 Å². The van der Waals surface area contributed by atoms with Crippen molar-refractivity contribution in [3.05, 3.63) is 0 Å². The summed E-state index contributed by atoms with van der Waals surface area (Å²) in [5, 5.41) is 2.53. The van der Waals surface area contributed by atoms with Crippen LogP contribution in [0.5, 0.6) is 0 Å². The Morgan fingerprint density at radius 2 is 2.45 bits per heavy atom. The van der Waals surface area contributed by atoms with Crippen LogP contribution >= 0.6 is 0 Å². The first-order chi connectivity index (χ1) is 5.27. The number of nitrogens with zero attached hydrogens (tertiary/aromatic N) is 1. The van der Waals surface area contributed by atoms with E-state index < -0.39 is 0 Å². The summed E-state index contributed by atoms with van der Waals surface area (Å²) in [6.07, 6.45) is 1.37. The van der Waals surface area contributed by atoms with Crippen LogP contribution in [0.1, 0.15) is 19.8 Å². The Labute approximate surface area is 65.6 Å². The predicted molar refractivity (Wildman–Crippen MR) is 41.3 cm³/mol. The molecule has 0 saturated carbocycles. The Morgan fingerprint density at radius 1 is 1.73 bits per heavy atom. The van der Waals surface area contributed by atoms with Crippen molar-refractivity contribution in [2.75, 3.05) is 7.05 Å². The van der Waals surface area contributed by atoms with Crippen molar-refractivity contribution >= 4 is 11.9 Å². The summed E-state index contributed by atoms with van der Waals surface area (Å²) in [5.74, 6) is -0.0764. The van der Waals surface area contributed by atoms with Crippen molar-refractivity contribution in [2.45, 2.75) is 25.9 Å². The molecule has 0 aromatic carbocycles. The number of amidine groups is 1. The number of ether oxygens (including phenoxy) is 1. The molecule has 1 unspecified atom stereocenters. The molecule has 4 nitrogen and oxygen atoms in total. The minimum Gasteiger partial charge on any atom is -0.452 e. The zero-order valence-electron chi connectivity index (χ0n) is 6.76. The van der Waals surface area contributed by atoms with Gasteiger partial charge >= 0.3 is 0 Å². The average molecular weight is 156 g/mol. The lowest BCUT2D eigenvalue weighted by atomic mass is 10.2. The Kier molecular flexibility index (Phi) is 2.46. The van der Waals surface area contributed by atoms with E-state index in [1.807, 2.05) is 6.92 Å². The molecular formula is C7H12N2O2. The summed E-state index contributed by atoms with van der Waals surface area (Å²) >= 11 is 0. The fourth-order valence-electron chi connectivity index (χ4n) is 0.964. The van der Waals surface area contributed by atoms with E-state index in [0.717, 1.165) is 12.8 Å². The molecule has 4 heteroatoms. The van der Waals surface area contributed by atoms with Crippen LogP contribution in [0.2, 0.25) is 0 Å². The molecule has 1 rings (SSSR count). The van der Waals surface area contributed by atoms with Gasteiger partial charge in [0.15, 0.2) is 6.10 Å². The minimum atomic E-state index is -0.321. The molecule has 11 heavy (non-hydrogen) atoms. The average Bonchev–Trinajstić information content (AvgIpc) is 2.33. The second-order valence-electron chi connectivity index (χ2n) is 2.41. The molecule has 62 valence electrons. The van der Waals surface area contributed by atoms with Crippen molar-refractivity contribution < 1.29 is 9.53 Å². The second-order valence-corrected chi connectivity index (χ2v) is 2.41. The van der Waals surface area contributed by atoms with E-state index in [1.54, 1.807) is 7.05 Å². The molecular weight excluding hydrogens is 144 g/mol. The van der Waals surface area contributed by atoms with Crippen LogP contribution in [-0.4, -0.2) is 25.1 Å². The summed E-state index contributed by atoms with van der Waals surface area (Å²) < 4.78 is 5.15. The number of aliphatic imine (C=N–C) groups is 1. The predicted octanol–water partition coefficient (Wildman–Crippen LogP) is 0.287. The van der Waals surface area contributed by atoms with Crippen LogP contribution in [0.4, 0.5) is 0 Å². The third kappa shape index (κ3) is 1.69. The van der Waals surface area contributed by atoms with Crippen LogP contribution in [0.25, 0.3) is 0 Å². The van der Waals surface area contributed by atoms with Crippen LogP contribution in [0.15, 0.2) is 4.99 Å². The van der Waals surface area contributed by atoms with E-state index in [0.29, 0.717) is 6.02 Å². The molecule has 0 aromatic rings. The molecule has 0 aliphatic carbocycles. The van der Waals surface area contributed by atoms with Gasteiger partial charge in [-0.2, -0.15) is 0 Å². The first-order valence-corrected chi connectivity index (χ1v) is 3.72. The van der Waals surface area contributed by atoms with E-state index in [1.165, 1.54) is 0 Å². The molecule has 0 radical (unpaired) electrons. The molecule has 1 heterocycles. The number of rotatable bonds is 2. The molecule has 1 fully saturated rings. The Balaban J connectivity index is 2.52. The molecule has 1 saturated heterocycles. The van der Waals surface area contributed by atoms with Crippen molar-refractivity contribution in [1.82, 2.24) is 5.32 Å². The summed E-state index contributed by atoms with van der Waals surface area (Å²) in [5.41, 5.74) is 0. The molecule has 0 spiro atoms. The van der Waals surface area contributed by atoms with Gasteiger partial charge in [-0.15, -0.1) is 0 Å². The Hall–Kier alpha value is -1.06. The highest BCUT2D eigenvalue weighted by atomic mass is 16.5. The first-order valence-electron chi connectivity index (χ1n) is 3.72. The number of carbonyl (C=O) groups is 1. The van der Waals surface area contributed by atoms with E-state index in [2.05, 4.69) is 10.3 Å². The summed E-state index contributed by atoms with van der Waals surface area (Å²) in [4.78, 5) is 14.7. The highest BCUT2D eigenvalue weighted by Gasteiger charge is 2.29. The van der Waals surface area contributed by atoms with Gasteiger partial charge in [0, 0.05) is 7.05 Å². The number of nitrogens with one attached hydrogen (secondary N) is 1. The lowest BCUT2D eigenvalue weighted by molar-refractivity contribution is -0.123. The van der Waals surface area contributed by atoms with Gasteiger partial charge < -0.3 is 4.74 Å². The zero-order chi connectivity index (χ0) is 8.27. The maximum Gasteiger partial charge on any atom is 0.292 e. The SMILES string of the molecule is CCCC1OC(=NC)NC1=O. The molecule has 1 N–H and O–H groups in total. The maximum atomic E-state index is 11.0. The quantitative estimate of drug-likeness (QED) is 0.624. The van der Waals surface area contributed by atoms with Gasteiger partial charge in [0.1, 0.15) is 0 Å². The standard InChI is InChI=1S/C7H12N2O2/c1-3-4-5-6(10)9-7(8-2)11-5/h5H,3-4H2,1-2H3,(H,8,9,10). The smallest absolute Gasteiger partial charge is 0.292 e. The third-order valence-corrected chi connectivity index (χ3v) is 1.53. The van der Waals surface area contributed by atoms with E-state index in [-0.39, 0.29) is 12.0 Å². The second kappa shape index (κ2) is 3.37. The Bertz CT molecular complexity index is 189. The zero-order valence-corrected chi connectivity index (χ0v) is 6.76. The van der Waals surface area contributed by atoms with Crippen molar-refractivity contribution in [1.29, 1.82) is 0 Å². The van der Waals surface area contributed by atoms with Gasteiger partial charge in [0.2, 0.25) is 0 Å². The summed E-state index contributed by atoms with van der Waals surface area (Å²) in [6.45, 7) is 2.01. The van der Waals surface area contributed by atoms with Gasteiger partial charge in [-0.1, -0.05) is 13.3 Å². The lowest BCUT2D eigenvalue weighted by Gasteiger charge is -2.02. The fraction of sp³-hybridized carbons (Fsp3) is 0.714. The lowest BCUT2D eigenvalue weighted by Crippen LogP contribution is -2.24. The van der Waals surface area contributed by atoms with Gasteiger partial charge in [-0.25, -0.2) is 4.99 Å². The molecule has 1 aliphatic rings. The number of hydrogen-bond donors (Lipinski definition) is 1. The molecule has 1 aliphatic heterocycles. The van der Waals surface area contributed by atoms with Gasteiger partial charge in [-0.3, -0.25) is 10.1 Å². The van der Waals surface area contributed by atoms with E-state index in [9.17, 15) is 4.79 Å². The Morgan fingerprint density at radius 3 is 2.91 bits per heavy atom. The van der Waals surface area contributed by atoms with E-state index >= 15 is 0 Å². The normalized spacial score (nSPS) is 26.9. The van der Waals surface area contributed by atoms with Crippen molar-refractivity contribution in [3.8, 4) is 0 Å². The molecule has 0 aromatic heterocycles. The van der Waals surface area contributed by atoms with Crippen LogP contribution < -0.4 is 5.32 Å². The number of carbonyl (C=O) groups excluding carboxylic acids is 1. The van der Waals surface area contributed by atoms with E-state index in [4.69, 9.17) is 4.74 Å². The van der Waals surface area contributed by atoms with Crippen LogP contribution in [0.3, 0.4) is 0 Å². The number of hydrogen-bond acceptors (Lipinski definition) is 3. The first kappa shape index (κ1) is 8.04. The maximum absolute atomic E-state index is 11.0. The van der Waals surface area contributed by atoms with Gasteiger partial charge in [0.05, 0.1) is 0 Å². The summed E-state index contributed by atoms with van der Waals surface area (Å²) in [7, 11) is 1.59. The topological polar surface area (TPSA) is 50.7 Å². The van der Waals surface area contributed by atoms with Crippen molar-refractivity contribution in [2.24, 2.45) is 4.99 Å². The highest BCUT2D eigenvalue weighted by Crippen LogP contribution is 2.07. The third-order valence-electron chi connectivity index (χ3n) is 1.53. The number of amides is 1. The fourth-order valence-corrected chi connectivity index (χ4v) is 0.964. The van der Waals surface area contributed by atoms with Crippen LogP contribution in [-0.2, 0) is 9.53 Å². The minimum absolute atomic E-state index is 0.0764. The highest BCUT2D eigenvalue weighted by molar-refractivity contribution is 6.01. The van der Waals surface area contributed by atoms with Gasteiger partial charge in [-0.05, 0) is 6.42 Å². The molecule has 0 bridgehead atoms. The summed E-state index contributed by atoms with van der Waals surface area (Å²) in [6, 6.07) is 0.341.